The van der Waals surface area contributed by atoms with Crippen LogP contribution in [0.15, 0.2) is 16.6 Å². The van der Waals surface area contributed by atoms with Crippen molar-refractivity contribution in [3.63, 3.8) is 0 Å². The van der Waals surface area contributed by atoms with Crippen molar-refractivity contribution in [3.8, 4) is 0 Å². The van der Waals surface area contributed by atoms with Gasteiger partial charge in [0.15, 0.2) is 0 Å². The summed E-state index contributed by atoms with van der Waals surface area (Å²) in [5, 5.41) is 0. The number of rotatable bonds is 1. The monoisotopic (exact) mass is 339 g/mol. The third kappa shape index (κ3) is 1.80. The van der Waals surface area contributed by atoms with Gasteiger partial charge in [-0.3, -0.25) is 4.79 Å². The van der Waals surface area contributed by atoms with Gasteiger partial charge in [0.2, 0.25) is 5.91 Å². The van der Waals surface area contributed by atoms with Gasteiger partial charge in [0, 0.05) is 8.04 Å². The van der Waals surface area contributed by atoms with Crippen molar-refractivity contribution in [1.82, 2.24) is 0 Å². The average Bonchev–Trinajstić information content (AvgIpc) is 2.00. The molecule has 0 bridgehead atoms. The number of carbonyl (C=O) groups is 1. The fraction of sp³-hybridized carbons (Fsp3) is 0.125. The lowest BCUT2D eigenvalue weighted by Crippen LogP contribution is -2.13. The van der Waals surface area contributed by atoms with Crippen molar-refractivity contribution in [2.24, 2.45) is 5.73 Å². The lowest BCUT2D eigenvalue weighted by atomic mass is 10.1. The molecule has 1 amide bonds. The molecular weight excluding hydrogens is 333 g/mol. The topological polar surface area (TPSA) is 43.1 Å². The molecule has 1 aromatic rings. The fourth-order valence-electron chi connectivity index (χ4n) is 0.852. The smallest absolute Gasteiger partial charge is 0.249 e. The van der Waals surface area contributed by atoms with Crippen LogP contribution in [0.4, 0.5) is 0 Å². The third-order valence-electron chi connectivity index (χ3n) is 1.59. The maximum atomic E-state index is 10.9. The molecule has 0 heterocycles. The quantitative estimate of drug-likeness (QED) is 0.785. The van der Waals surface area contributed by atoms with Crippen LogP contribution in [-0.2, 0) is 0 Å². The van der Waals surface area contributed by atoms with Crippen molar-refractivity contribution in [2.75, 3.05) is 0 Å². The summed E-state index contributed by atoms with van der Waals surface area (Å²) in [4.78, 5) is 10.9. The van der Waals surface area contributed by atoms with E-state index in [0.717, 1.165) is 13.6 Å². The lowest BCUT2D eigenvalue weighted by Gasteiger charge is -2.04. The molecule has 0 aliphatic carbocycles. The Labute approximate surface area is 92.8 Å². The summed E-state index contributed by atoms with van der Waals surface area (Å²) >= 11 is 5.49. The molecule has 0 spiro atoms. The molecule has 0 aliphatic rings. The molecule has 2 N–H and O–H groups in total. The summed E-state index contributed by atoms with van der Waals surface area (Å²) in [5.41, 5.74) is 6.80. The second-order valence-corrected chi connectivity index (χ2v) is 4.33. The molecule has 0 radical (unpaired) electrons. The van der Waals surface area contributed by atoms with E-state index in [1.807, 2.05) is 13.0 Å². The minimum absolute atomic E-state index is 0.380. The number of amides is 1. The number of halogens is 2. The number of hydrogen-bond donors (Lipinski definition) is 1. The Morgan fingerprint density at radius 1 is 1.58 bits per heavy atom. The first-order chi connectivity index (χ1) is 5.54. The molecule has 12 heavy (non-hydrogen) atoms. The van der Waals surface area contributed by atoms with E-state index in [1.165, 1.54) is 0 Å². The first-order valence-electron chi connectivity index (χ1n) is 3.28. The average molecular weight is 340 g/mol. The maximum Gasteiger partial charge on any atom is 0.249 e. The van der Waals surface area contributed by atoms with Gasteiger partial charge < -0.3 is 5.73 Å². The molecule has 4 heteroatoms. The summed E-state index contributed by atoms with van der Waals surface area (Å²) < 4.78 is 1.91. The van der Waals surface area contributed by atoms with Gasteiger partial charge in [0.25, 0.3) is 0 Å². The van der Waals surface area contributed by atoms with Crippen LogP contribution in [0, 0.1) is 10.5 Å². The van der Waals surface area contributed by atoms with Crippen molar-refractivity contribution >= 4 is 44.4 Å². The zero-order chi connectivity index (χ0) is 9.30. The number of hydrogen-bond acceptors (Lipinski definition) is 1. The van der Waals surface area contributed by atoms with Gasteiger partial charge in [-0.25, -0.2) is 0 Å². The summed E-state index contributed by atoms with van der Waals surface area (Å²) in [6.45, 7) is 1.94. The summed E-state index contributed by atoms with van der Waals surface area (Å²) in [6.07, 6.45) is 0. The second kappa shape index (κ2) is 3.74. The molecule has 64 valence electrons. The highest BCUT2D eigenvalue weighted by Crippen LogP contribution is 2.24. The highest BCUT2D eigenvalue weighted by molar-refractivity contribution is 14.1. The largest absolute Gasteiger partial charge is 0.366 e. The maximum absolute atomic E-state index is 10.9. The Morgan fingerprint density at radius 2 is 2.17 bits per heavy atom. The van der Waals surface area contributed by atoms with Gasteiger partial charge in [-0.15, -0.1) is 0 Å². The van der Waals surface area contributed by atoms with Gasteiger partial charge >= 0.3 is 0 Å². The van der Waals surface area contributed by atoms with Crippen molar-refractivity contribution in [3.05, 3.63) is 31.3 Å². The Morgan fingerprint density at radius 3 is 2.67 bits per heavy atom. The van der Waals surface area contributed by atoms with Crippen molar-refractivity contribution < 1.29 is 4.79 Å². The van der Waals surface area contributed by atoms with Crippen LogP contribution < -0.4 is 5.73 Å². The number of primary amides is 1. The Balaban J connectivity index is 3.36. The first-order valence-corrected chi connectivity index (χ1v) is 5.15. The predicted octanol–water partition coefficient (Wildman–Crippen LogP) is 2.46. The van der Waals surface area contributed by atoms with Crippen LogP contribution in [0.3, 0.4) is 0 Å². The molecule has 0 aromatic heterocycles. The molecule has 0 unspecified atom stereocenters. The molecule has 0 saturated heterocycles. The van der Waals surface area contributed by atoms with E-state index < -0.39 is 0 Å². The van der Waals surface area contributed by atoms with E-state index in [1.54, 1.807) is 6.07 Å². The van der Waals surface area contributed by atoms with E-state index in [2.05, 4.69) is 38.5 Å². The Hall–Kier alpha value is -0.100. The van der Waals surface area contributed by atoms with E-state index >= 15 is 0 Å². The highest BCUT2D eigenvalue weighted by Gasteiger charge is 2.09. The Kier molecular flexibility index (Phi) is 3.11. The molecule has 0 atom stereocenters. The standard InChI is InChI=1S/C8H7BrINO/c1-4-6(9)3-2-5(7(4)10)8(11)12/h2-3H,1H3,(H2,11,12). The van der Waals surface area contributed by atoms with Gasteiger partial charge in [-0.1, -0.05) is 15.9 Å². The van der Waals surface area contributed by atoms with E-state index in [-0.39, 0.29) is 5.91 Å². The SMILES string of the molecule is Cc1c(Br)ccc(C(N)=O)c1I. The van der Waals surface area contributed by atoms with Gasteiger partial charge in [0.1, 0.15) is 0 Å². The molecular formula is C8H7BrINO. The third-order valence-corrected chi connectivity index (χ3v) is 3.83. The van der Waals surface area contributed by atoms with Crippen molar-refractivity contribution in [2.45, 2.75) is 6.92 Å². The summed E-state index contributed by atoms with van der Waals surface area (Å²) in [5.74, 6) is -0.380. The van der Waals surface area contributed by atoms with Crippen LogP contribution in [0.1, 0.15) is 15.9 Å². The number of benzene rings is 1. The van der Waals surface area contributed by atoms with Crippen LogP contribution >= 0.6 is 38.5 Å². The van der Waals surface area contributed by atoms with Gasteiger partial charge in [-0.05, 0) is 47.2 Å². The predicted molar refractivity (Wildman–Crippen MR) is 60.1 cm³/mol. The minimum Gasteiger partial charge on any atom is -0.366 e. The lowest BCUT2D eigenvalue weighted by molar-refractivity contribution is 0.0999. The molecule has 0 saturated carbocycles. The first kappa shape index (κ1) is 9.98. The minimum atomic E-state index is -0.380. The number of nitrogens with two attached hydrogens (primary N) is 1. The normalized spacial score (nSPS) is 9.92. The molecule has 0 aliphatic heterocycles. The van der Waals surface area contributed by atoms with Crippen LogP contribution in [0.5, 0.6) is 0 Å². The van der Waals surface area contributed by atoms with Crippen LogP contribution in [0.2, 0.25) is 0 Å². The molecule has 1 rings (SSSR count). The summed E-state index contributed by atoms with van der Waals surface area (Å²) in [6, 6.07) is 3.55. The second-order valence-electron chi connectivity index (χ2n) is 2.40. The summed E-state index contributed by atoms with van der Waals surface area (Å²) in [7, 11) is 0. The van der Waals surface area contributed by atoms with E-state index in [9.17, 15) is 4.79 Å². The molecule has 0 fully saturated rings. The molecule has 1 aromatic carbocycles. The van der Waals surface area contributed by atoms with Crippen LogP contribution in [0.25, 0.3) is 0 Å². The van der Waals surface area contributed by atoms with Gasteiger partial charge in [-0.2, -0.15) is 0 Å². The Bertz CT molecular complexity index is 338. The zero-order valence-electron chi connectivity index (χ0n) is 6.40. The van der Waals surface area contributed by atoms with E-state index in [0.29, 0.717) is 5.56 Å². The fourth-order valence-corrected chi connectivity index (χ4v) is 2.29. The highest BCUT2D eigenvalue weighted by atomic mass is 127. The zero-order valence-corrected chi connectivity index (χ0v) is 10.1. The van der Waals surface area contributed by atoms with Crippen molar-refractivity contribution in [1.29, 1.82) is 0 Å². The van der Waals surface area contributed by atoms with Crippen LogP contribution in [-0.4, -0.2) is 5.91 Å². The van der Waals surface area contributed by atoms with Gasteiger partial charge in [0.05, 0.1) is 5.56 Å². The van der Waals surface area contributed by atoms with E-state index in [4.69, 9.17) is 5.73 Å². The number of carbonyl (C=O) groups excluding carboxylic acids is 1. The molecule has 2 nitrogen and oxygen atoms in total.